The van der Waals surface area contributed by atoms with Crippen LogP contribution in [0.3, 0.4) is 0 Å². The molecule has 1 N–H and O–H groups in total. The Kier molecular flexibility index (Phi) is 4.52. The lowest BCUT2D eigenvalue weighted by Crippen LogP contribution is -2.01. The zero-order valence-electron chi connectivity index (χ0n) is 11.2. The summed E-state index contributed by atoms with van der Waals surface area (Å²) in [5.74, 6) is 1.78. The molecule has 2 rings (SSSR count). The molecule has 0 fully saturated rings. The van der Waals surface area contributed by atoms with Gasteiger partial charge in [-0.15, -0.1) is 0 Å². The molecule has 1 heterocycles. The molecular weight excluding hydrogens is 244 g/mol. The van der Waals surface area contributed by atoms with Gasteiger partial charge < -0.3 is 14.4 Å². The fourth-order valence-corrected chi connectivity index (χ4v) is 1.77. The molecule has 0 saturated heterocycles. The molecule has 0 bridgehead atoms. The van der Waals surface area contributed by atoms with E-state index in [1.807, 2.05) is 24.3 Å². The van der Waals surface area contributed by atoms with Crippen LogP contribution in [0.4, 0.5) is 0 Å². The smallest absolute Gasteiger partial charge is 0.264 e. The summed E-state index contributed by atoms with van der Waals surface area (Å²) in [7, 11) is 0. The van der Waals surface area contributed by atoms with E-state index in [1.54, 1.807) is 6.92 Å². The van der Waals surface area contributed by atoms with Gasteiger partial charge in [0.2, 0.25) is 0 Å². The molecule has 5 nitrogen and oxygen atoms in total. The molecule has 0 saturated carbocycles. The Morgan fingerprint density at radius 3 is 2.89 bits per heavy atom. The number of ether oxygens (including phenoxy) is 1. The van der Waals surface area contributed by atoms with Crippen molar-refractivity contribution in [1.82, 2.24) is 10.1 Å². The lowest BCUT2D eigenvalue weighted by atomic mass is 10.1. The Balaban J connectivity index is 2.01. The molecule has 2 aromatic rings. The molecular formula is C14H18N2O3. The van der Waals surface area contributed by atoms with Crippen LogP contribution in [0.5, 0.6) is 5.75 Å². The van der Waals surface area contributed by atoms with Crippen molar-refractivity contribution >= 4 is 0 Å². The molecule has 0 spiro atoms. The summed E-state index contributed by atoms with van der Waals surface area (Å²) in [4.78, 5) is 4.22. The number of para-hydroxylation sites is 1. The number of aliphatic hydroxyl groups excluding tert-OH is 1. The molecule has 102 valence electrons. The van der Waals surface area contributed by atoms with Crippen molar-refractivity contribution in [3.05, 3.63) is 41.5 Å². The number of aryl methyl sites for hydroxylation is 1. The molecule has 1 aromatic heterocycles. The maximum Gasteiger partial charge on any atom is 0.264 e. The largest absolute Gasteiger partial charge is 0.483 e. The highest BCUT2D eigenvalue weighted by Crippen LogP contribution is 2.25. The fourth-order valence-electron chi connectivity index (χ4n) is 1.77. The van der Waals surface area contributed by atoms with E-state index in [1.165, 1.54) is 0 Å². The number of hydrogen-bond acceptors (Lipinski definition) is 5. The second kappa shape index (κ2) is 6.33. The maximum atomic E-state index is 9.64. The summed E-state index contributed by atoms with van der Waals surface area (Å²) in [6.07, 6.45) is 1.20. The zero-order chi connectivity index (χ0) is 13.7. The predicted molar refractivity (Wildman–Crippen MR) is 69.7 cm³/mol. The van der Waals surface area contributed by atoms with Gasteiger partial charge in [-0.3, -0.25) is 0 Å². The third kappa shape index (κ3) is 3.54. The van der Waals surface area contributed by atoms with Gasteiger partial charge >= 0.3 is 0 Å². The van der Waals surface area contributed by atoms with Gasteiger partial charge in [0.1, 0.15) is 5.75 Å². The van der Waals surface area contributed by atoms with Crippen molar-refractivity contribution < 1.29 is 14.4 Å². The molecule has 1 aromatic carbocycles. The number of hydrogen-bond donors (Lipinski definition) is 1. The van der Waals surface area contributed by atoms with Crippen LogP contribution in [-0.4, -0.2) is 15.2 Å². The third-order valence-electron chi connectivity index (χ3n) is 2.70. The van der Waals surface area contributed by atoms with Gasteiger partial charge in [-0.25, -0.2) is 0 Å². The number of rotatable bonds is 6. The molecule has 0 aliphatic carbocycles. The highest BCUT2D eigenvalue weighted by Gasteiger charge is 2.10. The number of aromatic nitrogens is 2. The molecule has 0 aliphatic rings. The number of aliphatic hydroxyl groups is 1. The molecule has 1 unspecified atom stereocenters. The van der Waals surface area contributed by atoms with E-state index in [4.69, 9.17) is 9.26 Å². The van der Waals surface area contributed by atoms with Crippen molar-refractivity contribution in [1.29, 1.82) is 0 Å². The third-order valence-corrected chi connectivity index (χ3v) is 2.70. The van der Waals surface area contributed by atoms with Gasteiger partial charge in [-0.1, -0.05) is 30.3 Å². The topological polar surface area (TPSA) is 68.4 Å². The van der Waals surface area contributed by atoms with E-state index < -0.39 is 6.10 Å². The van der Waals surface area contributed by atoms with E-state index in [0.29, 0.717) is 17.5 Å². The first kappa shape index (κ1) is 13.5. The van der Waals surface area contributed by atoms with Crippen LogP contribution in [0.1, 0.15) is 43.7 Å². The van der Waals surface area contributed by atoms with E-state index >= 15 is 0 Å². The minimum absolute atomic E-state index is 0.209. The number of benzene rings is 1. The molecule has 1 atom stereocenters. The van der Waals surface area contributed by atoms with Crippen LogP contribution in [-0.2, 0) is 13.0 Å². The Bertz CT molecular complexity index is 523. The second-order valence-corrected chi connectivity index (χ2v) is 4.36. The summed E-state index contributed by atoms with van der Waals surface area (Å²) in [6, 6.07) is 7.36. The summed E-state index contributed by atoms with van der Waals surface area (Å²) in [6.45, 7) is 3.97. The zero-order valence-corrected chi connectivity index (χ0v) is 11.2. The minimum Gasteiger partial charge on any atom is -0.483 e. The van der Waals surface area contributed by atoms with Crippen LogP contribution in [0, 0.1) is 0 Å². The average molecular weight is 262 g/mol. The summed E-state index contributed by atoms with van der Waals surface area (Å²) >= 11 is 0. The van der Waals surface area contributed by atoms with Gasteiger partial charge in [0.15, 0.2) is 12.4 Å². The standard InChI is InChI=1S/C14H18N2O3/c1-3-6-13-15-14(19-16-13)9-18-12-8-5-4-7-11(12)10(2)17/h4-5,7-8,10,17H,3,6,9H2,1-2H3. The SMILES string of the molecule is CCCc1noc(COc2ccccc2C(C)O)n1. The predicted octanol–water partition coefficient (Wildman–Crippen LogP) is 2.65. The van der Waals surface area contributed by atoms with Crippen molar-refractivity contribution in [3.63, 3.8) is 0 Å². The van der Waals surface area contributed by atoms with Crippen molar-refractivity contribution in [2.45, 2.75) is 39.4 Å². The first-order chi connectivity index (χ1) is 9.20. The van der Waals surface area contributed by atoms with Crippen LogP contribution >= 0.6 is 0 Å². The first-order valence-corrected chi connectivity index (χ1v) is 6.42. The Hall–Kier alpha value is -1.88. The van der Waals surface area contributed by atoms with Crippen molar-refractivity contribution in [2.75, 3.05) is 0 Å². The van der Waals surface area contributed by atoms with Crippen molar-refractivity contribution in [3.8, 4) is 5.75 Å². The van der Waals surface area contributed by atoms with E-state index in [9.17, 15) is 5.11 Å². The van der Waals surface area contributed by atoms with E-state index in [0.717, 1.165) is 18.4 Å². The maximum absolute atomic E-state index is 9.64. The summed E-state index contributed by atoms with van der Waals surface area (Å²) < 4.78 is 10.7. The van der Waals surface area contributed by atoms with Crippen LogP contribution < -0.4 is 4.74 Å². The first-order valence-electron chi connectivity index (χ1n) is 6.42. The Labute approximate surface area is 112 Å². The van der Waals surface area contributed by atoms with E-state index in [-0.39, 0.29) is 6.61 Å². The molecule has 0 radical (unpaired) electrons. The average Bonchev–Trinajstić information content (AvgIpc) is 2.85. The summed E-state index contributed by atoms with van der Waals surface area (Å²) in [5, 5.41) is 13.5. The van der Waals surface area contributed by atoms with Gasteiger partial charge in [0.05, 0.1) is 6.10 Å². The fraction of sp³-hybridized carbons (Fsp3) is 0.429. The van der Waals surface area contributed by atoms with E-state index in [2.05, 4.69) is 17.1 Å². The van der Waals surface area contributed by atoms with Gasteiger partial charge in [0, 0.05) is 12.0 Å². The number of nitrogens with zero attached hydrogens (tertiary/aromatic N) is 2. The van der Waals surface area contributed by atoms with Crippen LogP contribution in [0.15, 0.2) is 28.8 Å². The van der Waals surface area contributed by atoms with Crippen LogP contribution in [0.25, 0.3) is 0 Å². The molecule has 0 amide bonds. The highest BCUT2D eigenvalue weighted by atomic mass is 16.5. The Morgan fingerprint density at radius 2 is 2.16 bits per heavy atom. The lowest BCUT2D eigenvalue weighted by Gasteiger charge is -2.11. The van der Waals surface area contributed by atoms with Gasteiger partial charge in [-0.05, 0) is 19.4 Å². The summed E-state index contributed by atoms with van der Waals surface area (Å²) in [5.41, 5.74) is 0.746. The van der Waals surface area contributed by atoms with Gasteiger partial charge in [0.25, 0.3) is 5.89 Å². The minimum atomic E-state index is -0.575. The lowest BCUT2D eigenvalue weighted by molar-refractivity contribution is 0.185. The van der Waals surface area contributed by atoms with Gasteiger partial charge in [-0.2, -0.15) is 4.98 Å². The highest BCUT2D eigenvalue weighted by molar-refractivity contribution is 5.34. The molecule has 19 heavy (non-hydrogen) atoms. The normalized spacial score (nSPS) is 12.4. The Morgan fingerprint density at radius 1 is 1.37 bits per heavy atom. The monoisotopic (exact) mass is 262 g/mol. The van der Waals surface area contributed by atoms with Crippen LogP contribution in [0.2, 0.25) is 0 Å². The molecule has 0 aliphatic heterocycles. The molecule has 5 heteroatoms. The quantitative estimate of drug-likeness (QED) is 0.866. The second-order valence-electron chi connectivity index (χ2n) is 4.36. The van der Waals surface area contributed by atoms with Crippen molar-refractivity contribution in [2.24, 2.45) is 0 Å².